The molecule has 0 aromatic carbocycles. The zero-order valence-electron chi connectivity index (χ0n) is 9.14. The Kier molecular flexibility index (Phi) is 4.53. The van der Waals surface area contributed by atoms with Gasteiger partial charge in [-0.2, -0.15) is 0 Å². The molecule has 0 bridgehead atoms. The molecule has 88 valence electrons. The van der Waals surface area contributed by atoms with Crippen LogP contribution in [-0.4, -0.2) is 9.97 Å². The Morgan fingerprint density at radius 2 is 1.94 bits per heavy atom. The third kappa shape index (κ3) is 3.28. The smallest absolute Gasteiger partial charge is 0.110 e. The highest BCUT2D eigenvalue weighted by Crippen LogP contribution is 2.28. The van der Waals surface area contributed by atoms with Crippen LogP contribution < -0.4 is 5.73 Å². The maximum absolute atomic E-state index is 5.65. The number of thioether (sulfide) groups is 1. The number of pyridine rings is 2. The van der Waals surface area contributed by atoms with Crippen LogP contribution in [0.2, 0.25) is 0 Å². The summed E-state index contributed by atoms with van der Waals surface area (Å²) in [6.07, 6.45) is 3.56. The average molecular weight is 310 g/mol. The Labute approximate surface area is 113 Å². The van der Waals surface area contributed by atoms with Gasteiger partial charge in [0.1, 0.15) is 5.03 Å². The summed E-state index contributed by atoms with van der Waals surface area (Å²) in [5.41, 5.74) is 7.77. The van der Waals surface area contributed by atoms with Crippen molar-refractivity contribution in [3.05, 3.63) is 52.4 Å². The van der Waals surface area contributed by atoms with Crippen LogP contribution >= 0.6 is 27.7 Å². The summed E-state index contributed by atoms with van der Waals surface area (Å²) in [5, 5.41) is 0.985. The maximum Gasteiger partial charge on any atom is 0.110 e. The van der Waals surface area contributed by atoms with Crippen molar-refractivity contribution in [2.45, 2.75) is 17.3 Å². The van der Waals surface area contributed by atoms with Gasteiger partial charge in [0.15, 0.2) is 0 Å². The first-order valence-electron chi connectivity index (χ1n) is 5.17. The van der Waals surface area contributed by atoms with Crippen LogP contribution in [0.1, 0.15) is 11.3 Å². The predicted molar refractivity (Wildman–Crippen MR) is 73.6 cm³/mol. The van der Waals surface area contributed by atoms with E-state index in [1.165, 1.54) is 0 Å². The van der Waals surface area contributed by atoms with Gasteiger partial charge >= 0.3 is 0 Å². The van der Waals surface area contributed by atoms with Gasteiger partial charge in [-0.05, 0) is 39.7 Å². The summed E-state index contributed by atoms with van der Waals surface area (Å²) in [6.45, 7) is 0.472. The Bertz CT molecular complexity index is 505. The fraction of sp³-hybridized carbons (Fsp3) is 0.167. The first-order chi connectivity index (χ1) is 8.31. The molecule has 0 aliphatic rings. The predicted octanol–water partition coefficient (Wildman–Crippen LogP) is 2.99. The number of nitrogens with zero attached hydrogens (tertiary/aromatic N) is 2. The number of aromatic nitrogens is 2. The lowest BCUT2D eigenvalue weighted by Gasteiger charge is -2.06. The normalized spacial score (nSPS) is 10.5. The maximum atomic E-state index is 5.65. The molecule has 0 amide bonds. The van der Waals surface area contributed by atoms with Crippen LogP contribution in [0.3, 0.4) is 0 Å². The van der Waals surface area contributed by atoms with Crippen molar-refractivity contribution in [3.8, 4) is 0 Å². The summed E-state index contributed by atoms with van der Waals surface area (Å²) >= 11 is 5.16. The quantitative estimate of drug-likeness (QED) is 0.882. The largest absolute Gasteiger partial charge is 0.325 e. The molecule has 0 saturated carbocycles. The molecular weight excluding hydrogens is 298 g/mol. The van der Waals surface area contributed by atoms with Crippen molar-refractivity contribution in [3.63, 3.8) is 0 Å². The molecule has 2 aromatic rings. The van der Waals surface area contributed by atoms with Gasteiger partial charge in [-0.3, -0.25) is 4.98 Å². The molecule has 2 rings (SSSR count). The molecule has 5 heteroatoms. The van der Waals surface area contributed by atoms with Gasteiger partial charge in [0.05, 0.1) is 5.69 Å². The highest BCUT2D eigenvalue weighted by Gasteiger charge is 2.05. The summed E-state index contributed by atoms with van der Waals surface area (Å²) in [4.78, 5) is 8.57. The lowest BCUT2D eigenvalue weighted by molar-refractivity contribution is 0.963. The molecule has 2 heterocycles. The minimum absolute atomic E-state index is 0.472. The lowest BCUT2D eigenvalue weighted by Crippen LogP contribution is -2.03. The van der Waals surface area contributed by atoms with Crippen molar-refractivity contribution >= 4 is 27.7 Å². The molecule has 0 fully saturated rings. The number of hydrogen-bond acceptors (Lipinski definition) is 4. The van der Waals surface area contributed by atoms with E-state index in [0.29, 0.717) is 6.54 Å². The van der Waals surface area contributed by atoms with Crippen molar-refractivity contribution in [1.82, 2.24) is 9.97 Å². The number of halogens is 1. The molecule has 17 heavy (non-hydrogen) atoms. The Morgan fingerprint density at radius 1 is 1.18 bits per heavy atom. The topological polar surface area (TPSA) is 51.8 Å². The fourth-order valence-electron chi connectivity index (χ4n) is 1.41. The van der Waals surface area contributed by atoms with Gasteiger partial charge in [-0.25, -0.2) is 4.98 Å². The second-order valence-corrected chi connectivity index (χ2v) is 5.21. The van der Waals surface area contributed by atoms with E-state index < -0.39 is 0 Å². The van der Waals surface area contributed by atoms with E-state index in [4.69, 9.17) is 5.73 Å². The minimum Gasteiger partial charge on any atom is -0.325 e. The van der Waals surface area contributed by atoms with Gasteiger partial charge < -0.3 is 5.73 Å². The fourth-order valence-corrected chi connectivity index (χ4v) is 2.90. The Balaban J connectivity index is 2.10. The average Bonchev–Trinajstić information content (AvgIpc) is 2.38. The van der Waals surface area contributed by atoms with E-state index in [1.807, 2.05) is 18.2 Å². The monoisotopic (exact) mass is 309 g/mol. The highest BCUT2D eigenvalue weighted by atomic mass is 79.9. The third-order valence-electron chi connectivity index (χ3n) is 2.27. The van der Waals surface area contributed by atoms with Gasteiger partial charge in [-0.1, -0.05) is 6.07 Å². The Morgan fingerprint density at radius 3 is 2.71 bits per heavy atom. The first kappa shape index (κ1) is 12.5. The van der Waals surface area contributed by atoms with Gasteiger partial charge in [-0.15, -0.1) is 11.8 Å². The van der Waals surface area contributed by atoms with E-state index in [2.05, 4.69) is 32.0 Å². The van der Waals surface area contributed by atoms with Crippen LogP contribution in [0.25, 0.3) is 0 Å². The molecule has 3 nitrogen and oxygen atoms in total. The molecule has 0 spiro atoms. The van der Waals surface area contributed by atoms with Crippen LogP contribution in [0.4, 0.5) is 0 Å². The SMILES string of the molecule is NCc1ncccc1CSc1ncccc1Br. The van der Waals surface area contributed by atoms with Crippen molar-refractivity contribution in [2.24, 2.45) is 5.73 Å². The van der Waals surface area contributed by atoms with E-state index in [9.17, 15) is 0 Å². The van der Waals surface area contributed by atoms with Crippen LogP contribution in [-0.2, 0) is 12.3 Å². The van der Waals surface area contributed by atoms with E-state index >= 15 is 0 Å². The standard InChI is InChI=1S/C12H12BrN3S/c13-10-4-2-6-16-12(10)17-8-9-3-1-5-15-11(9)7-14/h1-6H,7-8,14H2. The van der Waals surface area contributed by atoms with Crippen LogP contribution in [0.15, 0.2) is 46.2 Å². The number of hydrogen-bond donors (Lipinski definition) is 1. The summed E-state index contributed by atoms with van der Waals surface area (Å²) in [7, 11) is 0. The van der Waals surface area contributed by atoms with Crippen molar-refractivity contribution < 1.29 is 0 Å². The highest BCUT2D eigenvalue weighted by molar-refractivity contribution is 9.10. The number of rotatable bonds is 4. The lowest BCUT2D eigenvalue weighted by atomic mass is 10.2. The van der Waals surface area contributed by atoms with E-state index in [0.717, 1.165) is 26.5 Å². The van der Waals surface area contributed by atoms with Crippen molar-refractivity contribution in [2.75, 3.05) is 0 Å². The molecule has 2 N–H and O–H groups in total. The summed E-state index contributed by atoms with van der Waals surface area (Å²) in [5.74, 6) is 0.829. The zero-order chi connectivity index (χ0) is 12.1. The molecule has 2 aromatic heterocycles. The summed E-state index contributed by atoms with van der Waals surface area (Å²) in [6, 6.07) is 7.88. The first-order valence-corrected chi connectivity index (χ1v) is 6.95. The minimum atomic E-state index is 0.472. The molecule has 0 unspecified atom stereocenters. The van der Waals surface area contributed by atoms with Crippen molar-refractivity contribution in [1.29, 1.82) is 0 Å². The molecule has 0 saturated heterocycles. The van der Waals surface area contributed by atoms with E-state index in [1.54, 1.807) is 24.2 Å². The number of nitrogens with two attached hydrogens (primary N) is 1. The van der Waals surface area contributed by atoms with Gasteiger partial charge in [0.25, 0.3) is 0 Å². The molecule has 0 aliphatic heterocycles. The van der Waals surface area contributed by atoms with Gasteiger partial charge in [0, 0.05) is 29.2 Å². The van der Waals surface area contributed by atoms with Crippen LogP contribution in [0, 0.1) is 0 Å². The Hall–Kier alpha value is -0.910. The third-order valence-corrected chi connectivity index (χ3v) is 4.22. The molecule has 0 radical (unpaired) electrons. The van der Waals surface area contributed by atoms with Gasteiger partial charge in [0.2, 0.25) is 0 Å². The van der Waals surface area contributed by atoms with Crippen LogP contribution in [0.5, 0.6) is 0 Å². The molecule has 0 atom stereocenters. The second-order valence-electron chi connectivity index (χ2n) is 3.39. The zero-order valence-corrected chi connectivity index (χ0v) is 11.5. The molecular formula is C12H12BrN3S. The molecule has 0 aliphatic carbocycles. The van der Waals surface area contributed by atoms with E-state index in [-0.39, 0.29) is 0 Å². The summed E-state index contributed by atoms with van der Waals surface area (Å²) < 4.78 is 1.02. The second kappa shape index (κ2) is 6.14.